The van der Waals surface area contributed by atoms with E-state index in [-0.39, 0.29) is 5.92 Å². The maximum absolute atomic E-state index is 11.1. The van der Waals surface area contributed by atoms with E-state index in [1.807, 2.05) is 6.07 Å². The summed E-state index contributed by atoms with van der Waals surface area (Å²) in [6.07, 6.45) is 2.09. The van der Waals surface area contributed by atoms with Crippen LogP contribution in [0.5, 0.6) is 0 Å². The number of halogens is 1. The third-order valence-electron chi connectivity index (χ3n) is 6.25. The molecule has 0 spiro atoms. The Balaban J connectivity index is 1.78. The van der Waals surface area contributed by atoms with Crippen LogP contribution in [0, 0.1) is 26.7 Å². The van der Waals surface area contributed by atoms with Crippen LogP contribution in [0.1, 0.15) is 52.6 Å². The second-order valence-electron chi connectivity index (χ2n) is 8.19. The van der Waals surface area contributed by atoms with Crippen LogP contribution in [0.15, 0.2) is 30.3 Å². The number of carboxylic acid groups (broad SMARTS) is 1. The minimum atomic E-state index is -0.678. The molecule has 1 heterocycles. The Bertz CT molecular complexity index is 871. The molecule has 0 unspecified atom stereocenters. The lowest BCUT2D eigenvalue weighted by Crippen LogP contribution is -2.49. The minimum Gasteiger partial charge on any atom is -0.481 e. The van der Waals surface area contributed by atoms with E-state index in [1.165, 1.54) is 27.8 Å². The van der Waals surface area contributed by atoms with E-state index in [1.54, 1.807) is 0 Å². The lowest BCUT2D eigenvalue weighted by Gasteiger charge is -2.37. The zero-order valence-corrected chi connectivity index (χ0v) is 18.0. The molecule has 2 aromatic carbocycles. The Morgan fingerprint density at radius 3 is 2.50 bits per heavy atom. The van der Waals surface area contributed by atoms with Gasteiger partial charge in [0.15, 0.2) is 0 Å². The van der Waals surface area contributed by atoms with Crippen molar-refractivity contribution in [2.24, 2.45) is 5.92 Å². The molecule has 28 heavy (non-hydrogen) atoms. The first kappa shape index (κ1) is 20.9. The molecular formula is C24H30ClNO2. The number of rotatable bonds is 7. The summed E-state index contributed by atoms with van der Waals surface area (Å²) in [5, 5.41) is 9.93. The number of carbonyl (C=O) groups is 1. The lowest BCUT2D eigenvalue weighted by molar-refractivity contribution is -0.147. The molecule has 0 bridgehead atoms. The van der Waals surface area contributed by atoms with E-state index in [4.69, 9.17) is 16.7 Å². The fourth-order valence-corrected chi connectivity index (χ4v) is 4.29. The Labute approximate surface area is 173 Å². The van der Waals surface area contributed by atoms with Gasteiger partial charge in [-0.3, -0.25) is 9.69 Å². The average Bonchev–Trinajstić information content (AvgIpc) is 2.61. The van der Waals surface area contributed by atoms with Crippen molar-refractivity contribution in [3.63, 3.8) is 0 Å². The van der Waals surface area contributed by atoms with Gasteiger partial charge < -0.3 is 5.11 Å². The number of aliphatic carboxylic acids is 1. The first-order valence-electron chi connectivity index (χ1n) is 10.1. The molecule has 0 amide bonds. The van der Waals surface area contributed by atoms with Crippen LogP contribution in [0.2, 0.25) is 5.02 Å². The maximum atomic E-state index is 11.1. The molecule has 1 fully saturated rings. The lowest BCUT2D eigenvalue weighted by atomic mass is 9.85. The highest BCUT2D eigenvalue weighted by Gasteiger charge is 2.32. The molecular weight excluding hydrogens is 370 g/mol. The fourth-order valence-electron chi connectivity index (χ4n) is 4.17. The van der Waals surface area contributed by atoms with Crippen molar-refractivity contribution in [3.8, 4) is 0 Å². The molecule has 3 rings (SSSR count). The molecule has 2 aromatic rings. The third kappa shape index (κ3) is 4.42. The monoisotopic (exact) mass is 399 g/mol. The van der Waals surface area contributed by atoms with E-state index >= 15 is 0 Å². The second-order valence-corrected chi connectivity index (χ2v) is 8.60. The summed E-state index contributed by atoms with van der Waals surface area (Å²) in [4.78, 5) is 13.3. The number of hydrogen-bond donors (Lipinski definition) is 1. The average molecular weight is 400 g/mol. The molecule has 0 radical (unpaired) electrons. The third-order valence-corrected chi connectivity index (χ3v) is 6.67. The van der Waals surface area contributed by atoms with Gasteiger partial charge in [-0.15, -0.1) is 0 Å². The van der Waals surface area contributed by atoms with Gasteiger partial charge in [0.2, 0.25) is 0 Å². The molecule has 1 atom stereocenters. The number of likely N-dealkylation sites (tertiary alicyclic amines) is 1. The predicted octanol–water partition coefficient (Wildman–Crippen LogP) is 5.52. The van der Waals surface area contributed by atoms with E-state index in [9.17, 15) is 4.79 Å². The number of hydrogen-bond acceptors (Lipinski definition) is 2. The first-order valence-corrected chi connectivity index (χ1v) is 10.5. The molecule has 3 nitrogen and oxygen atoms in total. The molecule has 150 valence electrons. The molecule has 1 aliphatic heterocycles. The van der Waals surface area contributed by atoms with Crippen molar-refractivity contribution >= 4 is 17.6 Å². The Morgan fingerprint density at radius 1 is 1.18 bits per heavy atom. The highest BCUT2D eigenvalue weighted by atomic mass is 35.5. The van der Waals surface area contributed by atoms with Crippen molar-refractivity contribution in [3.05, 3.63) is 68.7 Å². The van der Waals surface area contributed by atoms with Crippen LogP contribution >= 0.6 is 11.6 Å². The Hall–Kier alpha value is -1.84. The quantitative estimate of drug-likeness (QED) is 0.666. The van der Waals surface area contributed by atoms with E-state index in [0.29, 0.717) is 19.0 Å². The van der Waals surface area contributed by atoms with Gasteiger partial charge in [0.05, 0.1) is 5.92 Å². The van der Waals surface area contributed by atoms with E-state index in [0.717, 1.165) is 30.0 Å². The van der Waals surface area contributed by atoms with Crippen LogP contribution < -0.4 is 0 Å². The van der Waals surface area contributed by atoms with Gasteiger partial charge in [-0.25, -0.2) is 0 Å². The predicted molar refractivity (Wildman–Crippen MR) is 115 cm³/mol. The van der Waals surface area contributed by atoms with Gasteiger partial charge in [-0.1, -0.05) is 42.8 Å². The Morgan fingerprint density at radius 2 is 1.89 bits per heavy atom. The van der Waals surface area contributed by atoms with Crippen molar-refractivity contribution in [1.82, 2.24) is 4.90 Å². The molecule has 4 heteroatoms. The van der Waals surface area contributed by atoms with Gasteiger partial charge in [0.25, 0.3) is 0 Å². The van der Waals surface area contributed by atoms with E-state index in [2.05, 4.69) is 56.9 Å². The number of aryl methyl sites for hydroxylation is 2. The zero-order chi connectivity index (χ0) is 20.4. The Kier molecular flexibility index (Phi) is 6.47. The van der Waals surface area contributed by atoms with Gasteiger partial charge in [-0.05, 0) is 79.0 Å². The minimum absolute atomic E-state index is 0.207. The summed E-state index contributed by atoms with van der Waals surface area (Å²) in [7, 11) is 0. The number of benzene rings is 2. The van der Waals surface area contributed by atoms with Gasteiger partial charge in [0.1, 0.15) is 0 Å². The molecule has 1 N–H and O–H groups in total. The number of carboxylic acids is 1. The van der Waals surface area contributed by atoms with Crippen LogP contribution in [-0.2, 0) is 17.8 Å². The topological polar surface area (TPSA) is 40.5 Å². The van der Waals surface area contributed by atoms with Crippen molar-refractivity contribution < 1.29 is 9.90 Å². The molecule has 1 aliphatic rings. The maximum Gasteiger partial charge on any atom is 0.309 e. The summed E-state index contributed by atoms with van der Waals surface area (Å²) >= 11 is 6.21. The zero-order valence-electron chi connectivity index (χ0n) is 17.3. The van der Waals surface area contributed by atoms with Crippen LogP contribution in [-0.4, -0.2) is 29.1 Å². The molecule has 0 saturated carbocycles. The molecule has 0 aromatic heterocycles. The smallest absolute Gasteiger partial charge is 0.309 e. The summed E-state index contributed by atoms with van der Waals surface area (Å²) in [6, 6.07) is 10.8. The number of nitrogens with zero attached hydrogens (tertiary/aromatic N) is 1. The van der Waals surface area contributed by atoms with Gasteiger partial charge in [-0.2, -0.15) is 0 Å². The highest BCUT2D eigenvalue weighted by molar-refractivity contribution is 6.31. The van der Waals surface area contributed by atoms with Crippen LogP contribution in [0.25, 0.3) is 0 Å². The highest BCUT2D eigenvalue weighted by Crippen LogP contribution is 2.31. The van der Waals surface area contributed by atoms with E-state index < -0.39 is 5.97 Å². The van der Waals surface area contributed by atoms with Crippen molar-refractivity contribution in [1.29, 1.82) is 0 Å². The van der Waals surface area contributed by atoms with Crippen molar-refractivity contribution in [2.75, 3.05) is 13.1 Å². The van der Waals surface area contributed by atoms with Gasteiger partial charge >= 0.3 is 5.97 Å². The second kappa shape index (κ2) is 8.67. The van der Waals surface area contributed by atoms with Crippen LogP contribution in [0.4, 0.5) is 0 Å². The standard InChI is InChI=1S/C24H30ClNO2/c1-5-18(20-8-9-23(25)16(3)10-20)11-19-7-6-15(2)22(17(19)4)14-26-12-21(13-26)24(27)28/h6-10,18,21H,5,11-14H2,1-4H3,(H,27,28)/t18-/m0/s1. The van der Waals surface area contributed by atoms with Crippen molar-refractivity contribution in [2.45, 2.75) is 53.0 Å². The molecule has 0 aliphatic carbocycles. The van der Waals surface area contributed by atoms with Gasteiger partial charge in [0, 0.05) is 24.7 Å². The van der Waals surface area contributed by atoms with Crippen LogP contribution in [0.3, 0.4) is 0 Å². The first-order chi connectivity index (χ1) is 13.3. The summed E-state index contributed by atoms with van der Waals surface area (Å²) < 4.78 is 0. The largest absolute Gasteiger partial charge is 0.481 e. The SMILES string of the molecule is CC[C@@H](Cc1ccc(C)c(CN2CC(C(=O)O)C2)c1C)c1ccc(Cl)c(C)c1. The summed E-state index contributed by atoms with van der Waals surface area (Å²) in [6.45, 7) is 10.8. The summed E-state index contributed by atoms with van der Waals surface area (Å²) in [5.41, 5.74) is 7.85. The fraction of sp³-hybridized carbons (Fsp3) is 0.458. The normalized spacial score (nSPS) is 16.0. The molecule has 1 saturated heterocycles. The summed E-state index contributed by atoms with van der Waals surface area (Å²) in [5.74, 6) is -0.422.